The molecule has 4 rings (SSSR count). The van der Waals surface area contributed by atoms with E-state index in [-0.39, 0.29) is 18.2 Å². The number of nitrogens with two attached hydrogens (primary N) is 2. The van der Waals surface area contributed by atoms with Gasteiger partial charge in [-0.25, -0.2) is 0 Å². The highest BCUT2D eigenvalue weighted by molar-refractivity contribution is 5.47. The standard InChI is InChI=1S/C25H28N2O2/c26-22-16-17-28-23(24(22)27)18-29-25(19-10-4-1-5-11-19,20-12-6-2-7-13-20)21-14-8-3-9-15-21/h1-15,22-24H,16-18,26-27H2/t22-,23+,24+/m0/s1. The van der Waals surface area contributed by atoms with Crippen LogP contribution in [0.5, 0.6) is 0 Å². The Morgan fingerprint density at radius 3 is 1.66 bits per heavy atom. The van der Waals surface area contributed by atoms with Crippen molar-refractivity contribution in [1.29, 1.82) is 0 Å². The molecule has 3 atom stereocenters. The zero-order valence-corrected chi connectivity index (χ0v) is 16.5. The molecule has 1 aliphatic heterocycles. The minimum absolute atomic E-state index is 0.0723. The Labute approximate surface area is 172 Å². The molecule has 0 saturated carbocycles. The van der Waals surface area contributed by atoms with Crippen LogP contribution in [0, 0.1) is 0 Å². The van der Waals surface area contributed by atoms with Crippen LogP contribution in [0.3, 0.4) is 0 Å². The van der Waals surface area contributed by atoms with Crippen molar-refractivity contribution < 1.29 is 9.47 Å². The van der Waals surface area contributed by atoms with Gasteiger partial charge in [0.1, 0.15) is 5.60 Å². The zero-order chi connectivity index (χ0) is 20.1. The van der Waals surface area contributed by atoms with Crippen LogP contribution in [0.2, 0.25) is 0 Å². The first-order valence-electron chi connectivity index (χ1n) is 10.1. The van der Waals surface area contributed by atoms with E-state index in [2.05, 4.69) is 36.4 Å². The first-order chi connectivity index (χ1) is 14.2. The molecule has 4 nitrogen and oxygen atoms in total. The van der Waals surface area contributed by atoms with E-state index in [1.54, 1.807) is 0 Å². The summed E-state index contributed by atoms with van der Waals surface area (Å²) >= 11 is 0. The van der Waals surface area contributed by atoms with Gasteiger partial charge in [0.15, 0.2) is 0 Å². The largest absolute Gasteiger partial charge is 0.374 e. The molecule has 0 radical (unpaired) electrons. The van der Waals surface area contributed by atoms with E-state index in [0.29, 0.717) is 13.2 Å². The highest BCUT2D eigenvalue weighted by atomic mass is 16.5. The van der Waals surface area contributed by atoms with Crippen LogP contribution >= 0.6 is 0 Å². The fourth-order valence-corrected chi connectivity index (χ4v) is 4.07. The van der Waals surface area contributed by atoms with E-state index in [1.807, 2.05) is 54.6 Å². The zero-order valence-electron chi connectivity index (χ0n) is 16.5. The van der Waals surface area contributed by atoms with Crippen molar-refractivity contribution in [3.05, 3.63) is 108 Å². The minimum Gasteiger partial charge on any atom is -0.374 e. The molecule has 1 aliphatic rings. The summed E-state index contributed by atoms with van der Waals surface area (Å²) in [5.74, 6) is 0. The summed E-state index contributed by atoms with van der Waals surface area (Å²) in [6.07, 6.45) is 0.535. The molecule has 150 valence electrons. The number of rotatable bonds is 6. The summed E-state index contributed by atoms with van der Waals surface area (Å²) < 4.78 is 12.7. The molecule has 0 amide bonds. The average molecular weight is 389 g/mol. The van der Waals surface area contributed by atoms with Crippen molar-refractivity contribution >= 4 is 0 Å². The molecule has 0 unspecified atom stereocenters. The maximum Gasteiger partial charge on any atom is 0.143 e. The summed E-state index contributed by atoms with van der Waals surface area (Å²) in [6.45, 7) is 0.964. The fraction of sp³-hybridized carbons (Fsp3) is 0.280. The first-order valence-corrected chi connectivity index (χ1v) is 10.1. The lowest BCUT2D eigenvalue weighted by Crippen LogP contribution is -2.56. The molecule has 4 heteroatoms. The molecule has 0 spiro atoms. The van der Waals surface area contributed by atoms with Crippen LogP contribution in [0.4, 0.5) is 0 Å². The van der Waals surface area contributed by atoms with E-state index in [0.717, 1.165) is 23.1 Å². The summed E-state index contributed by atoms with van der Waals surface area (Å²) in [6, 6.07) is 30.6. The molecule has 0 aliphatic carbocycles. The van der Waals surface area contributed by atoms with Crippen LogP contribution in [0.1, 0.15) is 23.1 Å². The topological polar surface area (TPSA) is 70.5 Å². The van der Waals surface area contributed by atoms with Gasteiger partial charge >= 0.3 is 0 Å². The molecule has 3 aromatic rings. The Morgan fingerprint density at radius 2 is 1.21 bits per heavy atom. The second kappa shape index (κ2) is 8.89. The number of hydrogen-bond donors (Lipinski definition) is 2. The minimum atomic E-state index is -0.769. The van der Waals surface area contributed by atoms with Crippen molar-refractivity contribution in [2.24, 2.45) is 11.5 Å². The summed E-state index contributed by atoms with van der Waals surface area (Å²) in [5.41, 5.74) is 14.9. The van der Waals surface area contributed by atoms with E-state index >= 15 is 0 Å². The number of benzene rings is 3. The molecular formula is C25H28N2O2. The van der Waals surface area contributed by atoms with Gasteiger partial charge in [-0.1, -0.05) is 91.0 Å². The molecular weight excluding hydrogens is 360 g/mol. The first kappa shape index (κ1) is 19.8. The van der Waals surface area contributed by atoms with Crippen molar-refractivity contribution in [2.45, 2.75) is 30.2 Å². The molecule has 29 heavy (non-hydrogen) atoms. The molecule has 1 fully saturated rings. The van der Waals surface area contributed by atoms with Gasteiger partial charge in [0.05, 0.1) is 12.7 Å². The molecule has 1 saturated heterocycles. The quantitative estimate of drug-likeness (QED) is 0.635. The lowest BCUT2D eigenvalue weighted by atomic mass is 9.80. The van der Waals surface area contributed by atoms with Gasteiger partial charge < -0.3 is 20.9 Å². The monoisotopic (exact) mass is 388 g/mol. The fourth-order valence-electron chi connectivity index (χ4n) is 4.07. The molecule has 1 heterocycles. The SMILES string of the molecule is N[C@@H]1[C@@H](N)CCO[C@@H]1COC(c1ccccc1)(c1ccccc1)c1ccccc1. The van der Waals surface area contributed by atoms with Gasteiger partial charge in [-0.3, -0.25) is 0 Å². The molecule has 4 N–H and O–H groups in total. The van der Waals surface area contributed by atoms with Gasteiger partial charge in [0.2, 0.25) is 0 Å². The third kappa shape index (κ3) is 3.98. The van der Waals surface area contributed by atoms with Crippen LogP contribution in [-0.2, 0) is 15.1 Å². The van der Waals surface area contributed by atoms with E-state index in [1.165, 1.54) is 0 Å². The predicted molar refractivity (Wildman–Crippen MR) is 115 cm³/mol. The highest BCUT2D eigenvalue weighted by Gasteiger charge is 2.39. The molecule has 3 aromatic carbocycles. The van der Waals surface area contributed by atoms with E-state index in [9.17, 15) is 0 Å². The van der Waals surface area contributed by atoms with E-state index in [4.69, 9.17) is 20.9 Å². The highest BCUT2D eigenvalue weighted by Crippen LogP contribution is 2.40. The second-order valence-corrected chi connectivity index (χ2v) is 7.53. The summed E-state index contributed by atoms with van der Waals surface area (Å²) in [5, 5.41) is 0. The predicted octanol–water partition coefficient (Wildman–Crippen LogP) is 3.44. The molecule has 0 bridgehead atoms. The Balaban J connectivity index is 1.80. The van der Waals surface area contributed by atoms with Crippen molar-refractivity contribution in [2.75, 3.05) is 13.2 Å². The number of ether oxygens (including phenoxy) is 2. The maximum atomic E-state index is 6.79. The molecule has 0 aromatic heterocycles. The third-order valence-electron chi connectivity index (χ3n) is 5.71. The Hall–Kier alpha value is -2.50. The Bertz CT molecular complexity index is 790. The van der Waals surface area contributed by atoms with Crippen molar-refractivity contribution in [3.63, 3.8) is 0 Å². The third-order valence-corrected chi connectivity index (χ3v) is 5.71. The van der Waals surface area contributed by atoms with Gasteiger partial charge in [0.25, 0.3) is 0 Å². The van der Waals surface area contributed by atoms with Crippen LogP contribution in [0.15, 0.2) is 91.0 Å². The van der Waals surface area contributed by atoms with Gasteiger partial charge in [0, 0.05) is 18.7 Å². The number of hydrogen-bond acceptors (Lipinski definition) is 4. The summed E-state index contributed by atoms with van der Waals surface area (Å²) in [4.78, 5) is 0. The van der Waals surface area contributed by atoms with E-state index < -0.39 is 5.60 Å². The average Bonchev–Trinajstić information content (AvgIpc) is 2.79. The second-order valence-electron chi connectivity index (χ2n) is 7.53. The van der Waals surface area contributed by atoms with Crippen LogP contribution < -0.4 is 11.5 Å². The Morgan fingerprint density at radius 1 is 0.759 bits per heavy atom. The lowest BCUT2D eigenvalue weighted by Gasteiger charge is -2.39. The van der Waals surface area contributed by atoms with Gasteiger partial charge in [-0.05, 0) is 23.1 Å². The van der Waals surface area contributed by atoms with Crippen LogP contribution in [-0.4, -0.2) is 31.4 Å². The van der Waals surface area contributed by atoms with Gasteiger partial charge in [-0.15, -0.1) is 0 Å². The van der Waals surface area contributed by atoms with Crippen LogP contribution in [0.25, 0.3) is 0 Å². The van der Waals surface area contributed by atoms with Crippen molar-refractivity contribution in [3.8, 4) is 0 Å². The Kier molecular flexibility index (Phi) is 6.07. The smallest absolute Gasteiger partial charge is 0.143 e. The lowest BCUT2D eigenvalue weighted by molar-refractivity contribution is -0.0911. The normalized spacial score (nSPS) is 22.3. The van der Waals surface area contributed by atoms with Gasteiger partial charge in [-0.2, -0.15) is 0 Å². The summed E-state index contributed by atoms with van der Waals surface area (Å²) in [7, 11) is 0. The maximum absolute atomic E-state index is 6.79. The van der Waals surface area contributed by atoms with Crippen molar-refractivity contribution in [1.82, 2.24) is 0 Å².